The minimum absolute atomic E-state index is 0.0669. The van der Waals surface area contributed by atoms with Crippen molar-refractivity contribution in [1.29, 1.82) is 0 Å². The zero-order valence-corrected chi connectivity index (χ0v) is 15.6. The van der Waals surface area contributed by atoms with Crippen molar-refractivity contribution in [3.05, 3.63) is 93.4 Å². The lowest BCUT2D eigenvalue weighted by atomic mass is 9.80. The number of fused-ring (bicyclic) bond motifs is 3. The molecule has 0 amide bonds. The molecule has 29 heavy (non-hydrogen) atoms. The Balaban J connectivity index is 2.02. The molecule has 0 aromatic heterocycles. The molecule has 0 saturated heterocycles. The Hall–Kier alpha value is -3.87. The van der Waals surface area contributed by atoms with Crippen LogP contribution >= 0.6 is 0 Å². The first kappa shape index (κ1) is 18.5. The molecule has 0 spiro atoms. The molecule has 0 saturated carbocycles. The molecule has 1 heterocycles. The number of esters is 1. The number of nitro benzene ring substituents is 1. The van der Waals surface area contributed by atoms with Gasteiger partial charge in [-0.2, -0.15) is 0 Å². The second-order valence-corrected chi connectivity index (χ2v) is 6.58. The Kier molecular flexibility index (Phi) is 4.64. The lowest BCUT2D eigenvalue weighted by Gasteiger charge is -2.29. The van der Waals surface area contributed by atoms with Gasteiger partial charge in [-0.05, 0) is 29.3 Å². The molecule has 7 heteroatoms. The van der Waals surface area contributed by atoms with Gasteiger partial charge < -0.3 is 15.2 Å². The summed E-state index contributed by atoms with van der Waals surface area (Å²) in [5.41, 5.74) is 7.47. The average Bonchev–Trinajstić information content (AvgIpc) is 2.72. The summed E-state index contributed by atoms with van der Waals surface area (Å²) >= 11 is 0. The molecule has 3 aromatic rings. The summed E-state index contributed by atoms with van der Waals surface area (Å²) in [7, 11) is 0. The SMILES string of the molecule is CCOC(=O)C1=C(N)Oc2ccc3ccccc3c2C1c1cccc([N+](=O)[O-])c1. The summed E-state index contributed by atoms with van der Waals surface area (Å²) in [5, 5.41) is 13.2. The van der Waals surface area contributed by atoms with Gasteiger partial charge >= 0.3 is 5.97 Å². The highest BCUT2D eigenvalue weighted by Crippen LogP contribution is 2.46. The van der Waals surface area contributed by atoms with Crippen LogP contribution in [-0.2, 0) is 9.53 Å². The monoisotopic (exact) mass is 390 g/mol. The Morgan fingerprint density at radius 2 is 1.97 bits per heavy atom. The maximum Gasteiger partial charge on any atom is 0.340 e. The van der Waals surface area contributed by atoms with Crippen molar-refractivity contribution in [1.82, 2.24) is 0 Å². The number of benzene rings is 3. The standard InChI is InChI=1S/C22H18N2O5/c1-2-28-22(25)20-18(14-7-5-8-15(12-14)24(26)27)19-16-9-4-3-6-13(16)10-11-17(19)29-21(20)23/h3-12,18H,2,23H2,1H3. The predicted octanol–water partition coefficient (Wildman–Crippen LogP) is 4.01. The minimum Gasteiger partial charge on any atom is -0.462 e. The van der Waals surface area contributed by atoms with Crippen molar-refractivity contribution in [2.75, 3.05) is 6.61 Å². The highest BCUT2D eigenvalue weighted by atomic mass is 16.6. The first-order valence-corrected chi connectivity index (χ1v) is 9.12. The summed E-state index contributed by atoms with van der Waals surface area (Å²) in [5.74, 6) is -0.836. The number of hydrogen-bond donors (Lipinski definition) is 1. The van der Waals surface area contributed by atoms with E-state index in [4.69, 9.17) is 15.2 Å². The number of carbonyl (C=O) groups excluding carboxylic acids is 1. The van der Waals surface area contributed by atoms with Gasteiger partial charge in [0.2, 0.25) is 5.88 Å². The van der Waals surface area contributed by atoms with Crippen LogP contribution < -0.4 is 10.5 Å². The summed E-state index contributed by atoms with van der Waals surface area (Å²) in [6.07, 6.45) is 0. The lowest BCUT2D eigenvalue weighted by Crippen LogP contribution is -2.27. The number of nitrogens with two attached hydrogens (primary N) is 1. The van der Waals surface area contributed by atoms with Crippen LogP contribution in [0, 0.1) is 10.1 Å². The number of hydrogen-bond acceptors (Lipinski definition) is 6. The van der Waals surface area contributed by atoms with E-state index in [0.29, 0.717) is 11.3 Å². The topological polar surface area (TPSA) is 105 Å². The van der Waals surface area contributed by atoms with E-state index < -0.39 is 16.8 Å². The highest BCUT2D eigenvalue weighted by Gasteiger charge is 2.37. The fraction of sp³-hybridized carbons (Fsp3) is 0.136. The maximum atomic E-state index is 12.8. The normalized spacial score (nSPS) is 15.6. The van der Waals surface area contributed by atoms with Crippen LogP contribution in [0.4, 0.5) is 5.69 Å². The number of nitrogens with zero attached hydrogens (tertiary/aromatic N) is 1. The van der Waals surface area contributed by atoms with Gasteiger partial charge in [0.1, 0.15) is 11.3 Å². The number of nitro groups is 1. The second-order valence-electron chi connectivity index (χ2n) is 6.58. The predicted molar refractivity (Wildman–Crippen MR) is 107 cm³/mol. The van der Waals surface area contributed by atoms with E-state index >= 15 is 0 Å². The van der Waals surface area contributed by atoms with Crippen molar-refractivity contribution < 1.29 is 19.2 Å². The van der Waals surface area contributed by atoms with E-state index in [-0.39, 0.29) is 23.8 Å². The van der Waals surface area contributed by atoms with Gasteiger partial charge in [0, 0.05) is 17.7 Å². The number of non-ortho nitro benzene ring substituents is 1. The van der Waals surface area contributed by atoms with E-state index in [1.165, 1.54) is 12.1 Å². The van der Waals surface area contributed by atoms with Crippen LogP contribution in [0.5, 0.6) is 5.75 Å². The van der Waals surface area contributed by atoms with Gasteiger partial charge in [-0.15, -0.1) is 0 Å². The third-order valence-electron chi connectivity index (χ3n) is 4.90. The molecule has 0 radical (unpaired) electrons. The van der Waals surface area contributed by atoms with Crippen molar-refractivity contribution in [2.45, 2.75) is 12.8 Å². The fourth-order valence-corrected chi connectivity index (χ4v) is 3.70. The average molecular weight is 390 g/mol. The zero-order valence-electron chi connectivity index (χ0n) is 15.6. The minimum atomic E-state index is -0.663. The van der Waals surface area contributed by atoms with Crippen LogP contribution in [0.15, 0.2) is 72.1 Å². The molecule has 4 rings (SSSR count). The second kappa shape index (κ2) is 7.27. The Labute approximate surface area is 166 Å². The number of rotatable bonds is 4. The van der Waals surface area contributed by atoms with Gasteiger partial charge in [0.15, 0.2) is 0 Å². The molecular weight excluding hydrogens is 372 g/mol. The van der Waals surface area contributed by atoms with Gasteiger partial charge in [-0.3, -0.25) is 10.1 Å². The molecule has 3 aromatic carbocycles. The van der Waals surface area contributed by atoms with E-state index in [1.807, 2.05) is 30.3 Å². The largest absolute Gasteiger partial charge is 0.462 e. The molecule has 0 bridgehead atoms. The van der Waals surface area contributed by atoms with Crippen LogP contribution in [-0.4, -0.2) is 17.5 Å². The van der Waals surface area contributed by atoms with Gasteiger partial charge in [0.05, 0.1) is 17.4 Å². The number of carbonyl (C=O) groups is 1. The van der Waals surface area contributed by atoms with Crippen LogP contribution in [0.2, 0.25) is 0 Å². The molecule has 1 aliphatic heterocycles. The lowest BCUT2D eigenvalue weighted by molar-refractivity contribution is -0.384. The van der Waals surface area contributed by atoms with Crippen LogP contribution in [0.1, 0.15) is 24.0 Å². The van der Waals surface area contributed by atoms with Crippen molar-refractivity contribution in [3.63, 3.8) is 0 Å². The smallest absolute Gasteiger partial charge is 0.340 e. The first-order chi connectivity index (χ1) is 14.0. The summed E-state index contributed by atoms with van der Waals surface area (Å²) in [6.45, 7) is 1.86. The van der Waals surface area contributed by atoms with E-state index in [0.717, 1.165) is 16.3 Å². The Bertz CT molecular complexity index is 1170. The quantitative estimate of drug-likeness (QED) is 0.410. The van der Waals surface area contributed by atoms with Crippen molar-refractivity contribution in [2.24, 2.45) is 5.73 Å². The van der Waals surface area contributed by atoms with E-state index in [9.17, 15) is 14.9 Å². The Morgan fingerprint density at radius 1 is 1.17 bits per heavy atom. The van der Waals surface area contributed by atoms with E-state index in [1.54, 1.807) is 25.1 Å². The van der Waals surface area contributed by atoms with Crippen LogP contribution in [0.25, 0.3) is 10.8 Å². The molecule has 0 aliphatic carbocycles. The van der Waals surface area contributed by atoms with E-state index in [2.05, 4.69) is 0 Å². The zero-order chi connectivity index (χ0) is 20.5. The molecule has 0 fully saturated rings. The molecule has 2 N–H and O–H groups in total. The molecule has 1 atom stereocenters. The van der Waals surface area contributed by atoms with Crippen LogP contribution in [0.3, 0.4) is 0 Å². The van der Waals surface area contributed by atoms with Crippen molar-refractivity contribution >= 4 is 22.4 Å². The molecule has 7 nitrogen and oxygen atoms in total. The molecule has 146 valence electrons. The summed E-state index contributed by atoms with van der Waals surface area (Å²) < 4.78 is 11.0. The Morgan fingerprint density at radius 3 is 2.72 bits per heavy atom. The third-order valence-corrected chi connectivity index (χ3v) is 4.90. The van der Waals surface area contributed by atoms with Gasteiger partial charge in [-0.1, -0.05) is 42.5 Å². The number of ether oxygens (including phenoxy) is 2. The first-order valence-electron chi connectivity index (χ1n) is 9.12. The third kappa shape index (κ3) is 3.16. The molecule has 1 unspecified atom stereocenters. The van der Waals surface area contributed by atoms with Gasteiger partial charge in [0.25, 0.3) is 5.69 Å². The molecular formula is C22H18N2O5. The highest BCUT2D eigenvalue weighted by molar-refractivity contribution is 5.97. The van der Waals surface area contributed by atoms with Gasteiger partial charge in [-0.25, -0.2) is 4.79 Å². The fourth-order valence-electron chi connectivity index (χ4n) is 3.70. The van der Waals surface area contributed by atoms with Crippen molar-refractivity contribution in [3.8, 4) is 5.75 Å². The summed E-state index contributed by atoms with van der Waals surface area (Å²) in [6, 6.07) is 17.6. The summed E-state index contributed by atoms with van der Waals surface area (Å²) in [4.78, 5) is 23.6. The maximum absolute atomic E-state index is 12.8. The molecule has 1 aliphatic rings.